The van der Waals surface area contributed by atoms with Gasteiger partial charge < -0.3 is 29.4 Å². The average Bonchev–Trinajstić information content (AvgIpc) is 3.59. The van der Waals surface area contributed by atoms with E-state index in [0.29, 0.717) is 61.8 Å². The van der Waals surface area contributed by atoms with Crippen LogP contribution in [0.2, 0.25) is 0 Å². The first-order valence-corrected chi connectivity index (χ1v) is 13.8. The summed E-state index contributed by atoms with van der Waals surface area (Å²) in [4.78, 5) is 45.4. The van der Waals surface area contributed by atoms with Gasteiger partial charge in [0, 0.05) is 44.6 Å². The van der Waals surface area contributed by atoms with Crippen molar-refractivity contribution in [3.63, 3.8) is 0 Å². The van der Waals surface area contributed by atoms with E-state index in [1.54, 1.807) is 47.9 Å². The zero-order chi connectivity index (χ0) is 27.7. The van der Waals surface area contributed by atoms with E-state index in [1.807, 2.05) is 11.0 Å². The Labute approximate surface area is 228 Å². The fraction of sp³-hybridized carbons (Fsp3) is 0.462. The van der Waals surface area contributed by atoms with E-state index < -0.39 is 11.2 Å². The summed E-state index contributed by atoms with van der Waals surface area (Å²) in [7, 11) is 4.51. The van der Waals surface area contributed by atoms with Crippen LogP contribution in [-0.4, -0.2) is 85.2 Å². The molecule has 0 radical (unpaired) electrons. The van der Waals surface area contributed by atoms with Gasteiger partial charge in [0.05, 0.1) is 38.6 Å². The summed E-state index contributed by atoms with van der Waals surface area (Å²) in [6.45, 7) is 2.76. The molecule has 5 rings (SSSR count). The van der Waals surface area contributed by atoms with Gasteiger partial charge in [0.2, 0.25) is 0 Å². The highest BCUT2D eigenvalue weighted by molar-refractivity contribution is 8.00. The summed E-state index contributed by atoms with van der Waals surface area (Å²) in [5, 5.41) is 13.2. The summed E-state index contributed by atoms with van der Waals surface area (Å²) < 4.78 is 15.0. The first-order valence-electron chi connectivity index (χ1n) is 12.7. The van der Waals surface area contributed by atoms with Gasteiger partial charge in [0.25, 0.3) is 11.5 Å². The number of amides is 1. The minimum Gasteiger partial charge on any atom is -0.504 e. The number of phenolic OH excluding ortho intramolecular Hbond substituents is 1. The number of hydrogen-bond donors (Lipinski definition) is 2. The number of imidazole rings is 1. The van der Waals surface area contributed by atoms with Crippen LogP contribution in [-0.2, 0) is 30.2 Å². The average molecular weight is 557 g/mol. The molecule has 3 aromatic rings. The lowest BCUT2D eigenvalue weighted by molar-refractivity contribution is -0.127. The fourth-order valence-corrected chi connectivity index (χ4v) is 6.22. The summed E-state index contributed by atoms with van der Waals surface area (Å²) in [5.41, 5.74) is 1.12. The molecule has 2 fully saturated rings. The van der Waals surface area contributed by atoms with Crippen LogP contribution in [0.15, 0.2) is 39.7 Å². The van der Waals surface area contributed by atoms with Gasteiger partial charge in [-0.05, 0) is 30.2 Å². The van der Waals surface area contributed by atoms with Gasteiger partial charge in [-0.25, -0.2) is 9.78 Å². The number of aryl methyl sites for hydroxylation is 1. The maximum absolute atomic E-state index is 14.0. The Morgan fingerprint density at radius 2 is 2.13 bits per heavy atom. The van der Waals surface area contributed by atoms with Crippen molar-refractivity contribution >= 4 is 34.9 Å². The zero-order valence-electron chi connectivity index (χ0n) is 22.1. The van der Waals surface area contributed by atoms with Crippen LogP contribution < -0.4 is 21.3 Å². The number of phenols is 1. The van der Waals surface area contributed by atoms with Crippen molar-refractivity contribution in [2.24, 2.45) is 14.1 Å². The van der Waals surface area contributed by atoms with E-state index >= 15 is 0 Å². The highest BCUT2D eigenvalue weighted by Gasteiger charge is 2.33. The molecule has 2 N–H and O–H groups in total. The van der Waals surface area contributed by atoms with Crippen LogP contribution in [0.1, 0.15) is 12.0 Å². The number of carbonyl (C=O) groups excluding carboxylic acids is 1. The number of rotatable bonds is 7. The van der Waals surface area contributed by atoms with Crippen LogP contribution in [0.3, 0.4) is 0 Å². The normalized spacial score (nSPS) is 20.1. The molecule has 0 spiro atoms. The zero-order valence-corrected chi connectivity index (χ0v) is 22.9. The van der Waals surface area contributed by atoms with E-state index in [1.165, 1.54) is 18.7 Å². The van der Waals surface area contributed by atoms with Crippen LogP contribution in [0.25, 0.3) is 17.2 Å². The van der Waals surface area contributed by atoms with Crippen molar-refractivity contribution in [1.29, 1.82) is 0 Å². The number of thioether (sulfide) groups is 1. The van der Waals surface area contributed by atoms with Crippen molar-refractivity contribution in [3.05, 3.63) is 56.5 Å². The Balaban J connectivity index is 1.46. The molecule has 1 amide bonds. The fourth-order valence-electron chi connectivity index (χ4n) is 5.00. The number of carbonyl (C=O) groups is 1. The highest BCUT2D eigenvalue weighted by atomic mass is 32.2. The number of nitrogens with one attached hydrogen (secondary N) is 1. The molecular weight excluding hydrogens is 524 g/mol. The number of ether oxygens (including phenoxy) is 2. The second-order valence-corrected chi connectivity index (χ2v) is 10.9. The van der Waals surface area contributed by atoms with E-state index in [-0.39, 0.29) is 23.1 Å². The lowest BCUT2D eigenvalue weighted by Gasteiger charge is -2.28. The molecule has 1 aromatic carbocycles. The van der Waals surface area contributed by atoms with Crippen molar-refractivity contribution < 1.29 is 19.4 Å². The number of aromatic nitrogens is 4. The number of methoxy groups -OCH3 is 1. The molecule has 0 aliphatic carbocycles. The van der Waals surface area contributed by atoms with Crippen LogP contribution >= 0.6 is 11.8 Å². The van der Waals surface area contributed by atoms with Gasteiger partial charge in [-0.1, -0.05) is 6.07 Å². The third-order valence-electron chi connectivity index (χ3n) is 7.11. The first-order chi connectivity index (χ1) is 18.8. The minimum atomic E-state index is -0.439. The summed E-state index contributed by atoms with van der Waals surface area (Å²) in [6, 6.07) is 4.97. The number of nitrogens with zero attached hydrogens (tertiary/aromatic N) is 5. The van der Waals surface area contributed by atoms with Crippen molar-refractivity contribution in [3.8, 4) is 11.5 Å². The van der Waals surface area contributed by atoms with E-state index in [2.05, 4.69) is 10.3 Å². The molecule has 2 aromatic heterocycles. The summed E-state index contributed by atoms with van der Waals surface area (Å²) >= 11 is 1.64. The SMILES string of the molecule is COc1cc(C=C(CC2COCCN2)C(=O)N2CCSC2Cn2cnc3c2c(=O)n(C)c(=O)n3C)ccc1O. The predicted molar refractivity (Wildman–Crippen MR) is 148 cm³/mol. The Morgan fingerprint density at radius 3 is 2.87 bits per heavy atom. The molecule has 39 heavy (non-hydrogen) atoms. The number of benzene rings is 1. The third-order valence-corrected chi connectivity index (χ3v) is 8.31. The topological polar surface area (TPSA) is 133 Å². The number of morpholine rings is 1. The monoisotopic (exact) mass is 556 g/mol. The second kappa shape index (κ2) is 11.3. The van der Waals surface area contributed by atoms with E-state index in [9.17, 15) is 19.5 Å². The van der Waals surface area contributed by atoms with E-state index in [0.717, 1.165) is 15.9 Å². The Kier molecular flexibility index (Phi) is 7.82. The van der Waals surface area contributed by atoms with Crippen molar-refractivity contribution in [2.75, 3.05) is 39.2 Å². The quantitative estimate of drug-likeness (QED) is 0.400. The number of fused-ring (bicyclic) bond motifs is 1. The lowest BCUT2D eigenvalue weighted by Crippen LogP contribution is -2.44. The van der Waals surface area contributed by atoms with Crippen molar-refractivity contribution in [1.82, 2.24) is 28.9 Å². The molecule has 2 atom stereocenters. The first kappa shape index (κ1) is 27.0. The standard InChI is InChI=1S/C26H32N6O6S/c1-29-23-22(25(35)30(2)26(29)36)31(15-28-23)13-21-32(7-9-39-21)24(34)17(12-18-14-38-8-6-27-18)10-16-4-5-19(33)20(11-16)37-3/h4-5,10-11,15,18,21,27,33H,6-9,12-14H2,1-3H3. The highest BCUT2D eigenvalue weighted by Crippen LogP contribution is 2.31. The molecule has 2 aliphatic rings. The molecule has 2 saturated heterocycles. The van der Waals surface area contributed by atoms with Crippen LogP contribution in [0.5, 0.6) is 11.5 Å². The maximum Gasteiger partial charge on any atom is 0.332 e. The molecule has 2 unspecified atom stereocenters. The Bertz CT molecular complexity index is 1540. The van der Waals surface area contributed by atoms with Gasteiger partial charge in [-0.2, -0.15) is 0 Å². The molecule has 208 valence electrons. The molecule has 2 aliphatic heterocycles. The Hall–Kier alpha value is -3.55. The summed E-state index contributed by atoms with van der Waals surface area (Å²) in [6.07, 6.45) is 3.85. The minimum absolute atomic E-state index is 0.0106. The molecule has 0 saturated carbocycles. The van der Waals surface area contributed by atoms with Crippen LogP contribution in [0.4, 0.5) is 0 Å². The lowest BCUT2D eigenvalue weighted by atomic mass is 10.0. The predicted octanol–water partition coefficient (Wildman–Crippen LogP) is 0.512. The van der Waals surface area contributed by atoms with Gasteiger partial charge in [-0.15, -0.1) is 11.8 Å². The van der Waals surface area contributed by atoms with Gasteiger partial charge in [-0.3, -0.25) is 18.7 Å². The Morgan fingerprint density at radius 1 is 1.31 bits per heavy atom. The van der Waals surface area contributed by atoms with E-state index in [4.69, 9.17) is 9.47 Å². The number of aromatic hydroxyl groups is 1. The van der Waals surface area contributed by atoms with Gasteiger partial charge in [0.1, 0.15) is 0 Å². The summed E-state index contributed by atoms with van der Waals surface area (Å²) in [5.74, 6) is 1.00. The molecular formula is C26H32N6O6S. The largest absolute Gasteiger partial charge is 0.504 e. The van der Waals surface area contributed by atoms with Gasteiger partial charge in [0.15, 0.2) is 22.7 Å². The van der Waals surface area contributed by atoms with Crippen molar-refractivity contribution in [2.45, 2.75) is 24.4 Å². The molecule has 12 nitrogen and oxygen atoms in total. The van der Waals surface area contributed by atoms with Gasteiger partial charge >= 0.3 is 5.69 Å². The maximum atomic E-state index is 14.0. The molecule has 0 bridgehead atoms. The molecule has 4 heterocycles. The van der Waals surface area contributed by atoms with Crippen LogP contribution in [0, 0.1) is 0 Å². The smallest absolute Gasteiger partial charge is 0.332 e. The second-order valence-electron chi connectivity index (χ2n) is 9.63. The molecule has 13 heteroatoms. The number of hydrogen-bond acceptors (Lipinski definition) is 9. The third kappa shape index (κ3) is 5.34.